The maximum atomic E-state index is 6.61. The van der Waals surface area contributed by atoms with E-state index in [1.165, 1.54) is 44.5 Å². The van der Waals surface area contributed by atoms with Gasteiger partial charge in [-0.2, -0.15) is 0 Å². The van der Waals surface area contributed by atoms with E-state index in [-0.39, 0.29) is 5.41 Å². The molecule has 0 saturated carbocycles. The fourth-order valence-electron chi connectivity index (χ4n) is 7.49. The van der Waals surface area contributed by atoms with Crippen LogP contribution in [0.3, 0.4) is 0 Å². The van der Waals surface area contributed by atoms with E-state index in [0.717, 1.165) is 51.9 Å². The molecule has 2 aromatic heterocycles. The fraction of sp³-hybridized carbons (Fsp3) is 0.222. The van der Waals surface area contributed by atoms with Gasteiger partial charge in [0, 0.05) is 59.1 Å². The first-order valence-corrected chi connectivity index (χ1v) is 17.7. The summed E-state index contributed by atoms with van der Waals surface area (Å²) in [5, 5.41) is 2.33. The Bertz CT molecular complexity index is 2470. The smallest absolute Gasteiger partial charge is 0.219 e. The molecule has 8 rings (SSSR count). The third-order valence-corrected chi connectivity index (χ3v) is 10.3. The summed E-state index contributed by atoms with van der Waals surface area (Å²) >= 11 is 0. The van der Waals surface area contributed by atoms with Crippen LogP contribution in [0.15, 0.2) is 116 Å². The number of rotatable bonds is 6. The molecule has 0 fully saturated rings. The lowest BCUT2D eigenvalue weighted by Gasteiger charge is -2.24. The molecular weight excluding hydrogens is 627 g/mol. The second-order valence-electron chi connectivity index (χ2n) is 15.0. The first kappa shape index (κ1) is 32.5. The van der Waals surface area contributed by atoms with E-state index in [4.69, 9.17) is 9.72 Å². The van der Waals surface area contributed by atoms with Gasteiger partial charge in [-0.15, -0.1) is 0 Å². The number of para-hydroxylation sites is 1. The average molecular weight is 672 g/mol. The third kappa shape index (κ3) is 5.75. The summed E-state index contributed by atoms with van der Waals surface area (Å²) in [6.45, 7) is 18.5. The largest absolute Gasteiger partial charge is 0.457 e. The summed E-state index contributed by atoms with van der Waals surface area (Å²) in [7, 11) is 0. The van der Waals surface area contributed by atoms with Crippen molar-refractivity contribution in [3.05, 3.63) is 149 Å². The van der Waals surface area contributed by atoms with Gasteiger partial charge in [0.05, 0.1) is 23.4 Å². The van der Waals surface area contributed by atoms with Crippen molar-refractivity contribution in [2.75, 3.05) is 16.5 Å². The van der Waals surface area contributed by atoms with Crippen LogP contribution in [-0.2, 0) is 5.41 Å². The van der Waals surface area contributed by atoms with Gasteiger partial charge in [-0.1, -0.05) is 63.2 Å². The van der Waals surface area contributed by atoms with Gasteiger partial charge in [-0.25, -0.2) is 4.98 Å². The lowest BCUT2D eigenvalue weighted by Crippen LogP contribution is -2.25. The Morgan fingerprint density at radius 3 is 2.12 bits per heavy atom. The molecule has 0 bridgehead atoms. The van der Waals surface area contributed by atoms with Gasteiger partial charge in [-0.3, -0.25) is 9.13 Å². The summed E-state index contributed by atoms with van der Waals surface area (Å²) in [5.74, 6) is 2.41. The first-order valence-electron chi connectivity index (χ1n) is 17.7. The Morgan fingerprint density at radius 2 is 1.33 bits per heavy atom. The van der Waals surface area contributed by atoms with Crippen LogP contribution >= 0.6 is 0 Å². The SMILES string of the molecule is Cc1cc(C)c(N2C=CN(c3cccc(Oc4ccc5c6ccccc6n(-c6nccn6-c6c(C)cc(C(C)(C)C)cc6C)c5c4)c3)C2)cc1C. The van der Waals surface area contributed by atoms with Crippen molar-refractivity contribution < 1.29 is 4.74 Å². The molecule has 1 aliphatic heterocycles. The van der Waals surface area contributed by atoms with E-state index in [0.29, 0.717) is 0 Å². The highest BCUT2D eigenvalue weighted by Crippen LogP contribution is 2.38. The molecule has 7 aromatic rings. The maximum absolute atomic E-state index is 6.61. The average Bonchev–Trinajstić information content (AvgIpc) is 3.84. The summed E-state index contributed by atoms with van der Waals surface area (Å²) < 4.78 is 11.1. The van der Waals surface area contributed by atoms with Crippen molar-refractivity contribution in [2.24, 2.45) is 0 Å². The van der Waals surface area contributed by atoms with E-state index in [2.05, 4.69) is 178 Å². The van der Waals surface area contributed by atoms with Crippen LogP contribution in [0.4, 0.5) is 11.4 Å². The summed E-state index contributed by atoms with van der Waals surface area (Å²) in [4.78, 5) is 9.52. The van der Waals surface area contributed by atoms with Gasteiger partial charge in [0.1, 0.15) is 11.5 Å². The van der Waals surface area contributed by atoms with Crippen LogP contribution in [-0.4, -0.2) is 20.8 Å². The van der Waals surface area contributed by atoms with E-state index in [1.54, 1.807) is 0 Å². The van der Waals surface area contributed by atoms with Gasteiger partial charge >= 0.3 is 0 Å². The molecular formula is C45H45N5O. The number of aromatic nitrogens is 3. The predicted molar refractivity (Wildman–Crippen MR) is 212 cm³/mol. The number of hydrogen-bond donors (Lipinski definition) is 0. The molecule has 0 aliphatic carbocycles. The number of imidazole rings is 1. The Balaban J connectivity index is 1.14. The lowest BCUT2D eigenvalue weighted by atomic mass is 9.85. The number of benzene rings is 5. The van der Waals surface area contributed by atoms with Crippen LogP contribution in [0.2, 0.25) is 0 Å². The molecule has 0 unspecified atom stereocenters. The van der Waals surface area contributed by atoms with Gasteiger partial charge in [0.15, 0.2) is 0 Å². The van der Waals surface area contributed by atoms with E-state index < -0.39 is 0 Å². The molecule has 6 nitrogen and oxygen atoms in total. The quantitative estimate of drug-likeness (QED) is 0.176. The highest BCUT2D eigenvalue weighted by atomic mass is 16.5. The van der Waals surface area contributed by atoms with Crippen molar-refractivity contribution in [3.8, 4) is 23.1 Å². The van der Waals surface area contributed by atoms with Crippen molar-refractivity contribution in [1.29, 1.82) is 0 Å². The summed E-state index contributed by atoms with van der Waals surface area (Å²) in [6.07, 6.45) is 8.26. The number of anilines is 2. The monoisotopic (exact) mass is 671 g/mol. The Morgan fingerprint density at radius 1 is 0.627 bits per heavy atom. The molecule has 1 aliphatic rings. The molecule has 5 aromatic carbocycles. The van der Waals surface area contributed by atoms with Crippen molar-refractivity contribution in [2.45, 2.75) is 60.8 Å². The number of nitrogens with zero attached hydrogens (tertiary/aromatic N) is 5. The minimum Gasteiger partial charge on any atom is -0.457 e. The second kappa shape index (κ2) is 12.2. The molecule has 0 saturated heterocycles. The highest BCUT2D eigenvalue weighted by Gasteiger charge is 2.22. The van der Waals surface area contributed by atoms with Gasteiger partial charge in [0.25, 0.3) is 0 Å². The molecule has 3 heterocycles. The third-order valence-electron chi connectivity index (χ3n) is 10.3. The fourth-order valence-corrected chi connectivity index (χ4v) is 7.49. The number of hydrogen-bond acceptors (Lipinski definition) is 4. The van der Waals surface area contributed by atoms with E-state index in [9.17, 15) is 0 Å². The molecule has 0 radical (unpaired) electrons. The van der Waals surface area contributed by atoms with Crippen LogP contribution in [0, 0.1) is 34.6 Å². The van der Waals surface area contributed by atoms with Crippen molar-refractivity contribution in [1.82, 2.24) is 14.1 Å². The molecule has 6 heteroatoms. The first-order chi connectivity index (χ1) is 24.5. The minimum atomic E-state index is 0.0693. The van der Waals surface area contributed by atoms with Crippen molar-refractivity contribution in [3.63, 3.8) is 0 Å². The lowest BCUT2D eigenvalue weighted by molar-refractivity contribution is 0.483. The van der Waals surface area contributed by atoms with Gasteiger partial charge < -0.3 is 14.5 Å². The number of ether oxygens (including phenoxy) is 1. The van der Waals surface area contributed by atoms with Crippen molar-refractivity contribution >= 4 is 33.2 Å². The van der Waals surface area contributed by atoms with Crippen LogP contribution in [0.5, 0.6) is 11.5 Å². The zero-order chi connectivity index (χ0) is 35.6. The van der Waals surface area contributed by atoms with Crippen LogP contribution < -0.4 is 14.5 Å². The molecule has 256 valence electrons. The minimum absolute atomic E-state index is 0.0693. The molecule has 0 amide bonds. The topological polar surface area (TPSA) is 38.5 Å². The number of aryl methyl sites for hydroxylation is 5. The summed E-state index contributed by atoms with van der Waals surface area (Å²) in [6, 6.07) is 32.4. The van der Waals surface area contributed by atoms with E-state index in [1.807, 2.05) is 12.3 Å². The summed E-state index contributed by atoms with van der Waals surface area (Å²) in [5.41, 5.74) is 13.4. The molecule has 51 heavy (non-hydrogen) atoms. The Labute approximate surface area is 300 Å². The maximum Gasteiger partial charge on any atom is 0.219 e. The Hall–Kier alpha value is -5.75. The molecule has 0 N–H and O–H groups in total. The Kier molecular flexibility index (Phi) is 7.79. The van der Waals surface area contributed by atoms with Gasteiger partial charge in [-0.05, 0) is 110 Å². The zero-order valence-electron chi connectivity index (χ0n) is 30.8. The van der Waals surface area contributed by atoms with Crippen LogP contribution in [0.25, 0.3) is 33.4 Å². The standard InChI is InChI=1S/C45H45N5O/c1-29-22-31(3)41(25-30(29)2)48-21-20-47(28-48)35-12-11-13-36(26-35)51-37-16-17-39-38-14-9-10-15-40(38)50(42(39)27-37)44-46-18-19-49(44)43-32(4)23-34(24-33(43)5)45(6,7)8/h9-27H,28H2,1-8H3. The highest BCUT2D eigenvalue weighted by molar-refractivity contribution is 6.09. The van der Waals surface area contributed by atoms with E-state index >= 15 is 0 Å². The zero-order valence-corrected chi connectivity index (χ0v) is 30.8. The molecule has 0 atom stereocenters. The molecule has 0 spiro atoms. The number of fused-ring (bicyclic) bond motifs is 3. The second-order valence-corrected chi connectivity index (χ2v) is 15.0. The van der Waals surface area contributed by atoms with Crippen LogP contribution in [0.1, 0.15) is 54.2 Å². The predicted octanol–water partition coefficient (Wildman–Crippen LogP) is 11.4. The van der Waals surface area contributed by atoms with Gasteiger partial charge in [0.2, 0.25) is 5.95 Å². The normalized spacial score (nSPS) is 13.3.